The smallest absolute Gasteiger partial charge is 0.271 e. The summed E-state index contributed by atoms with van der Waals surface area (Å²) < 4.78 is 5.34. The summed E-state index contributed by atoms with van der Waals surface area (Å²) in [6, 6.07) is 14.0. The minimum absolute atomic E-state index is 0.266. The van der Waals surface area contributed by atoms with Crippen LogP contribution in [0, 0.1) is 0 Å². The molecule has 0 saturated heterocycles. The monoisotopic (exact) mass is 335 g/mol. The van der Waals surface area contributed by atoms with Crippen molar-refractivity contribution in [3.63, 3.8) is 0 Å². The molecule has 1 aromatic heterocycles. The maximum Gasteiger partial charge on any atom is 0.271 e. The number of ether oxygens (including phenoxy) is 1. The Bertz CT molecular complexity index is 992. The number of rotatable bonds is 3. The molecule has 0 saturated carbocycles. The van der Waals surface area contributed by atoms with Gasteiger partial charge in [-0.3, -0.25) is 9.59 Å². The zero-order valence-corrected chi connectivity index (χ0v) is 13.7. The van der Waals surface area contributed by atoms with Crippen LogP contribution in [0.4, 0.5) is 0 Å². The summed E-state index contributed by atoms with van der Waals surface area (Å²) in [7, 11) is 1.59. The molecule has 2 heterocycles. The molecule has 4 rings (SSSR count). The van der Waals surface area contributed by atoms with E-state index in [1.165, 1.54) is 4.90 Å². The number of aromatic amines is 1. The molecule has 1 aliphatic rings. The van der Waals surface area contributed by atoms with Crippen molar-refractivity contribution in [3.05, 3.63) is 65.4 Å². The van der Waals surface area contributed by atoms with Gasteiger partial charge in [0.1, 0.15) is 17.5 Å². The van der Waals surface area contributed by atoms with Crippen LogP contribution in [0.3, 0.4) is 0 Å². The lowest BCUT2D eigenvalue weighted by Gasteiger charge is -2.22. The molecule has 0 bridgehead atoms. The average Bonchev–Trinajstić information content (AvgIpc) is 3.22. The van der Waals surface area contributed by atoms with Gasteiger partial charge in [0.2, 0.25) is 5.91 Å². The molecule has 2 aromatic carbocycles. The summed E-state index contributed by atoms with van der Waals surface area (Å²) in [5, 5.41) is 0.820. The van der Waals surface area contributed by atoms with E-state index in [1.807, 2.05) is 42.5 Å². The first-order valence-electron chi connectivity index (χ1n) is 7.94. The zero-order chi connectivity index (χ0) is 17.6. The lowest BCUT2D eigenvalue weighted by Crippen LogP contribution is -2.37. The van der Waals surface area contributed by atoms with Crippen LogP contribution in [-0.4, -0.2) is 28.8 Å². The number of fused-ring (bicyclic) bond motifs is 2. The van der Waals surface area contributed by atoms with Crippen molar-refractivity contribution in [2.24, 2.45) is 5.73 Å². The second kappa shape index (κ2) is 5.66. The number of nitrogens with zero attached hydrogens (tertiary/aromatic N) is 1. The Morgan fingerprint density at radius 2 is 2.00 bits per heavy atom. The molecule has 3 aromatic rings. The van der Waals surface area contributed by atoms with Gasteiger partial charge in [-0.2, -0.15) is 0 Å². The lowest BCUT2D eigenvalue weighted by atomic mass is 10.0. The first-order chi connectivity index (χ1) is 12.1. The van der Waals surface area contributed by atoms with Gasteiger partial charge in [0.25, 0.3) is 5.91 Å². The van der Waals surface area contributed by atoms with Crippen LogP contribution in [0.15, 0.2) is 48.5 Å². The summed E-state index contributed by atoms with van der Waals surface area (Å²) in [6.07, 6.45) is 0. The van der Waals surface area contributed by atoms with E-state index >= 15 is 0 Å². The molecule has 6 heteroatoms. The second-order valence-corrected chi connectivity index (χ2v) is 6.04. The fourth-order valence-electron chi connectivity index (χ4n) is 3.46. The van der Waals surface area contributed by atoms with Crippen molar-refractivity contribution in [2.45, 2.75) is 12.6 Å². The summed E-state index contributed by atoms with van der Waals surface area (Å²) in [5.41, 5.74) is 8.51. The molecule has 126 valence electrons. The number of hydrogen-bond acceptors (Lipinski definition) is 3. The number of nitrogens with two attached hydrogens (primary N) is 1. The van der Waals surface area contributed by atoms with Crippen LogP contribution >= 0.6 is 0 Å². The van der Waals surface area contributed by atoms with Crippen LogP contribution in [0.25, 0.3) is 10.9 Å². The van der Waals surface area contributed by atoms with E-state index in [-0.39, 0.29) is 5.91 Å². The van der Waals surface area contributed by atoms with Gasteiger partial charge in [-0.25, -0.2) is 0 Å². The number of benzene rings is 2. The van der Waals surface area contributed by atoms with Crippen molar-refractivity contribution in [1.29, 1.82) is 0 Å². The Hall–Kier alpha value is -3.28. The van der Waals surface area contributed by atoms with E-state index in [4.69, 9.17) is 10.5 Å². The van der Waals surface area contributed by atoms with E-state index < -0.39 is 11.9 Å². The van der Waals surface area contributed by atoms with Crippen LogP contribution in [0.2, 0.25) is 0 Å². The highest BCUT2D eigenvalue weighted by Gasteiger charge is 2.37. The first-order valence-corrected chi connectivity index (χ1v) is 7.94. The van der Waals surface area contributed by atoms with Gasteiger partial charge in [-0.1, -0.05) is 30.3 Å². The van der Waals surface area contributed by atoms with Gasteiger partial charge in [0.05, 0.1) is 7.11 Å². The number of hydrogen-bond donors (Lipinski definition) is 2. The third-order valence-corrected chi connectivity index (χ3v) is 4.61. The summed E-state index contributed by atoms with van der Waals surface area (Å²) in [6.45, 7) is 0.356. The Balaban J connectivity index is 1.75. The number of carbonyl (C=O) groups is 2. The minimum Gasteiger partial charge on any atom is -0.496 e. The molecule has 3 N–H and O–H groups in total. The van der Waals surface area contributed by atoms with Gasteiger partial charge in [0, 0.05) is 17.4 Å². The van der Waals surface area contributed by atoms with E-state index in [1.54, 1.807) is 13.2 Å². The second-order valence-electron chi connectivity index (χ2n) is 6.04. The first kappa shape index (κ1) is 15.3. The van der Waals surface area contributed by atoms with Crippen LogP contribution < -0.4 is 10.5 Å². The highest BCUT2D eigenvalue weighted by molar-refractivity contribution is 6.02. The molecule has 1 unspecified atom stereocenters. The molecule has 1 atom stereocenters. The normalized spacial score (nSPS) is 16.0. The predicted octanol–water partition coefficient (Wildman–Crippen LogP) is 2.36. The van der Waals surface area contributed by atoms with Crippen molar-refractivity contribution < 1.29 is 14.3 Å². The number of nitrogens with one attached hydrogen (secondary N) is 1. The highest BCUT2D eigenvalue weighted by atomic mass is 16.5. The molecule has 0 spiro atoms. The van der Waals surface area contributed by atoms with Gasteiger partial charge < -0.3 is 20.4 Å². The summed E-state index contributed by atoms with van der Waals surface area (Å²) in [4.78, 5) is 29.6. The van der Waals surface area contributed by atoms with Crippen molar-refractivity contribution in [1.82, 2.24) is 9.88 Å². The number of methoxy groups -OCH3 is 1. The Labute approximate surface area is 144 Å². The zero-order valence-electron chi connectivity index (χ0n) is 13.7. The standard InChI is InChI=1S/C19H17N3O3/c1-25-16-8-4-7-14-13(16)9-15(21-14)19(24)22-10-11-5-2-3-6-12(11)17(22)18(20)23/h2-9,17,21H,10H2,1H3,(H2,20,23). The topological polar surface area (TPSA) is 88.4 Å². The van der Waals surface area contributed by atoms with E-state index in [0.29, 0.717) is 18.0 Å². The molecule has 25 heavy (non-hydrogen) atoms. The third-order valence-electron chi connectivity index (χ3n) is 4.61. The van der Waals surface area contributed by atoms with Crippen molar-refractivity contribution in [2.75, 3.05) is 7.11 Å². The number of H-pyrrole nitrogens is 1. The Morgan fingerprint density at radius 1 is 1.20 bits per heavy atom. The highest BCUT2D eigenvalue weighted by Crippen LogP contribution is 2.35. The molecule has 6 nitrogen and oxygen atoms in total. The summed E-state index contributed by atoms with van der Waals surface area (Å²) in [5.74, 6) is -0.116. The van der Waals surface area contributed by atoms with E-state index in [2.05, 4.69) is 4.98 Å². The Morgan fingerprint density at radius 3 is 2.76 bits per heavy atom. The number of carbonyl (C=O) groups excluding carboxylic acids is 2. The minimum atomic E-state index is -0.753. The van der Waals surface area contributed by atoms with Gasteiger partial charge in [0.15, 0.2) is 0 Å². The quantitative estimate of drug-likeness (QED) is 0.770. The van der Waals surface area contributed by atoms with Crippen molar-refractivity contribution >= 4 is 22.7 Å². The number of amides is 2. The van der Waals surface area contributed by atoms with Crippen LogP contribution in [0.1, 0.15) is 27.7 Å². The Kier molecular flexibility index (Phi) is 3.46. The van der Waals surface area contributed by atoms with Gasteiger partial charge in [-0.05, 0) is 29.3 Å². The summed E-state index contributed by atoms with van der Waals surface area (Å²) >= 11 is 0. The predicted molar refractivity (Wildman–Crippen MR) is 93.1 cm³/mol. The molecule has 2 amide bonds. The molecular formula is C19H17N3O3. The maximum atomic E-state index is 13.0. The third kappa shape index (κ3) is 2.34. The van der Waals surface area contributed by atoms with Crippen LogP contribution in [-0.2, 0) is 11.3 Å². The van der Waals surface area contributed by atoms with E-state index in [9.17, 15) is 9.59 Å². The van der Waals surface area contributed by atoms with Gasteiger partial charge in [-0.15, -0.1) is 0 Å². The fourth-order valence-corrected chi connectivity index (χ4v) is 3.46. The average molecular weight is 335 g/mol. The molecule has 0 radical (unpaired) electrons. The molecular weight excluding hydrogens is 318 g/mol. The van der Waals surface area contributed by atoms with Gasteiger partial charge >= 0.3 is 0 Å². The molecule has 1 aliphatic heterocycles. The SMILES string of the molecule is COc1cccc2[nH]c(C(=O)N3Cc4ccccc4C3C(N)=O)cc12. The lowest BCUT2D eigenvalue weighted by molar-refractivity contribution is -0.122. The number of primary amides is 1. The van der Waals surface area contributed by atoms with Crippen molar-refractivity contribution in [3.8, 4) is 5.75 Å². The molecule has 0 aliphatic carbocycles. The largest absolute Gasteiger partial charge is 0.496 e. The maximum absolute atomic E-state index is 13.0. The number of aromatic nitrogens is 1. The molecule has 0 fully saturated rings. The fraction of sp³-hybridized carbons (Fsp3) is 0.158. The van der Waals surface area contributed by atoms with Crippen LogP contribution in [0.5, 0.6) is 5.75 Å². The van der Waals surface area contributed by atoms with E-state index in [0.717, 1.165) is 22.0 Å².